The van der Waals surface area contributed by atoms with Gasteiger partial charge in [0.25, 0.3) is 0 Å². The molecular formula is C16H25FN2O2S. The third-order valence-electron chi connectivity index (χ3n) is 4.25. The predicted octanol–water partition coefficient (Wildman–Crippen LogP) is 2.32. The van der Waals surface area contributed by atoms with E-state index in [2.05, 4.69) is 18.7 Å². The Bertz CT molecular complexity index is 587. The fourth-order valence-electron chi connectivity index (χ4n) is 2.99. The number of hydrogen-bond donors (Lipinski definition) is 0. The van der Waals surface area contributed by atoms with Crippen molar-refractivity contribution in [2.75, 3.05) is 25.9 Å². The molecule has 4 nitrogen and oxygen atoms in total. The third-order valence-corrected chi connectivity index (χ3v) is 5.52. The summed E-state index contributed by atoms with van der Waals surface area (Å²) < 4.78 is 38.4. The minimum atomic E-state index is -3.16. The van der Waals surface area contributed by atoms with E-state index in [0.29, 0.717) is 19.0 Å². The molecule has 1 aromatic rings. The first-order valence-electron chi connectivity index (χ1n) is 7.71. The molecule has 0 aliphatic carbocycles. The summed E-state index contributed by atoms with van der Waals surface area (Å²) in [5, 5.41) is 0. The van der Waals surface area contributed by atoms with Crippen molar-refractivity contribution in [3.05, 3.63) is 35.6 Å². The van der Waals surface area contributed by atoms with Crippen LogP contribution in [0.5, 0.6) is 0 Å². The molecule has 2 rings (SSSR count). The first-order valence-corrected chi connectivity index (χ1v) is 9.56. The van der Waals surface area contributed by atoms with Gasteiger partial charge in [-0.05, 0) is 30.0 Å². The lowest BCUT2D eigenvalue weighted by Crippen LogP contribution is -2.45. The van der Waals surface area contributed by atoms with E-state index in [4.69, 9.17) is 0 Å². The quantitative estimate of drug-likeness (QED) is 0.852. The first kappa shape index (κ1) is 17.4. The van der Waals surface area contributed by atoms with Gasteiger partial charge in [-0.2, -0.15) is 0 Å². The van der Waals surface area contributed by atoms with Gasteiger partial charge >= 0.3 is 0 Å². The van der Waals surface area contributed by atoms with E-state index in [1.165, 1.54) is 18.4 Å². The van der Waals surface area contributed by atoms with Gasteiger partial charge in [0.2, 0.25) is 10.0 Å². The minimum Gasteiger partial charge on any atom is -0.295 e. The summed E-state index contributed by atoms with van der Waals surface area (Å²) in [6.07, 6.45) is 2.09. The standard InChI is InChI=1S/C16H25FN2O2S/c1-13(2)16-12-19(22(3,20)21)10-4-9-18(16)11-14-5-7-15(17)8-6-14/h5-8,13,16H,4,9-12H2,1-3H3/t16-/m0/s1. The second kappa shape index (κ2) is 7.06. The summed E-state index contributed by atoms with van der Waals surface area (Å²) in [6.45, 7) is 6.91. The van der Waals surface area contributed by atoms with Crippen molar-refractivity contribution in [1.29, 1.82) is 0 Å². The molecule has 124 valence electrons. The Morgan fingerprint density at radius 3 is 2.41 bits per heavy atom. The second-order valence-corrected chi connectivity index (χ2v) is 8.37. The first-order chi connectivity index (χ1) is 10.3. The average molecular weight is 328 g/mol. The van der Waals surface area contributed by atoms with Crippen LogP contribution in [0.2, 0.25) is 0 Å². The van der Waals surface area contributed by atoms with Crippen LogP contribution in [0.1, 0.15) is 25.8 Å². The van der Waals surface area contributed by atoms with Crippen molar-refractivity contribution >= 4 is 10.0 Å². The third kappa shape index (κ3) is 4.51. The van der Waals surface area contributed by atoms with Gasteiger partial charge in [-0.1, -0.05) is 26.0 Å². The number of halogens is 1. The Balaban J connectivity index is 2.16. The molecule has 1 aliphatic heterocycles. The Kier molecular flexibility index (Phi) is 5.58. The van der Waals surface area contributed by atoms with E-state index >= 15 is 0 Å². The van der Waals surface area contributed by atoms with Gasteiger partial charge in [-0.3, -0.25) is 4.90 Å². The normalized spacial score (nSPS) is 22.0. The number of rotatable bonds is 4. The van der Waals surface area contributed by atoms with Crippen LogP contribution >= 0.6 is 0 Å². The van der Waals surface area contributed by atoms with Crippen molar-refractivity contribution in [1.82, 2.24) is 9.21 Å². The van der Waals surface area contributed by atoms with Crippen LogP contribution in [0.25, 0.3) is 0 Å². The molecule has 0 unspecified atom stereocenters. The molecule has 0 saturated carbocycles. The highest BCUT2D eigenvalue weighted by atomic mass is 32.2. The van der Waals surface area contributed by atoms with Crippen LogP contribution < -0.4 is 0 Å². The molecule has 6 heteroatoms. The molecule has 0 aromatic heterocycles. The highest BCUT2D eigenvalue weighted by Gasteiger charge is 2.30. The lowest BCUT2D eigenvalue weighted by atomic mass is 10.0. The Morgan fingerprint density at radius 1 is 1.23 bits per heavy atom. The highest BCUT2D eigenvalue weighted by Crippen LogP contribution is 2.21. The second-order valence-electron chi connectivity index (χ2n) is 6.38. The summed E-state index contributed by atoms with van der Waals surface area (Å²) >= 11 is 0. The largest absolute Gasteiger partial charge is 0.295 e. The number of benzene rings is 1. The van der Waals surface area contributed by atoms with E-state index < -0.39 is 10.0 Å². The molecule has 1 aliphatic rings. The van der Waals surface area contributed by atoms with Crippen LogP contribution in [0.3, 0.4) is 0 Å². The van der Waals surface area contributed by atoms with E-state index in [-0.39, 0.29) is 11.9 Å². The SMILES string of the molecule is CC(C)[C@@H]1CN(S(C)(=O)=O)CCCN1Cc1ccc(F)cc1. The van der Waals surface area contributed by atoms with Crippen LogP contribution in [0, 0.1) is 11.7 Å². The monoisotopic (exact) mass is 328 g/mol. The molecule has 0 bridgehead atoms. The lowest BCUT2D eigenvalue weighted by Gasteiger charge is -2.34. The molecule has 0 radical (unpaired) electrons. The van der Waals surface area contributed by atoms with E-state index in [1.54, 1.807) is 16.4 Å². The topological polar surface area (TPSA) is 40.6 Å². The molecule has 1 fully saturated rings. The summed E-state index contributed by atoms with van der Waals surface area (Å²) in [5.41, 5.74) is 1.06. The predicted molar refractivity (Wildman–Crippen MR) is 86.5 cm³/mol. The van der Waals surface area contributed by atoms with E-state index in [0.717, 1.165) is 25.1 Å². The summed E-state index contributed by atoms with van der Waals surface area (Å²) in [6, 6.07) is 6.71. The van der Waals surface area contributed by atoms with Crippen LogP contribution in [0.15, 0.2) is 24.3 Å². The summed E-state index contributed by atoms with van der Waals surface area (Å²) in [4.78, 5) is 2.32. The van der Waals surface area contributed by atoms with Crippen LogP contribution in [-0.2, 0) is 16.6 Å². The van der Waals surface area contributed by atoms with Gasteiger partial charge in [0.05, 0.1) is 6.26 Å². The van der Waals surface area contributed by atoms with Crippen LogP contribution in [0.4, 0.5) is 4.39 Å². The molecule has 1 saturated heterocycles. The van der Waals surface area contributed by atoms with Crippen molar-refractivity contribution in [3.8, 4) is 0 Å². The lowest BCUT2D eigenvalue weighted by molar-refractivity contribution is 0.149. The molecule has 0 amide bonds. The zero-order valence-electron chi connectivity index (χ0n) is 13.5. The van der Waals surface area contributed by atoms with Crippen molar-refractivity contribution in [2.24, 2.45) is 5.92 Å². The summed E-state index contributed by atoms with van der Waals surface area (Å²) in [7, 11) is -3.16. The molecule has 0 spiro atoms. The Morgan fingerprint density at radius 2 is 1.86 bits per heavy atom. The van der Waals surface area contributed by atoms with Crippen molar-refractivity contribution in [2.45, 2.75) is 32.9 Å². The van der Waals surface area contributed by atoms with Gasteiger partial charge in [-0.15, -0.1) is 0 Å². The maximum Gasteiger partial charge on any atom is 0.211 e. The maximum atomic E-state index is 13.0. The van der Waals surface area contributed by atoms with Gasteiger partial charge in [0, 0.05) is 32.2 Å². The fourth-order valence-corrected chi connectivity index (χ4v) is 3.87. The summed E-state index contributed by atoms with van der Waals surface area (Å²) in [5.74, 6) is 0.117. The highest BCUT2D eigenvalue weighted by molar-refractivity contribution is 7.88. The van der Waals surface area contributed by atoms with E-state index in [1.807, 2.05) is 0 Å². The molecule has 22 heavy (non-hydrogen) atoms. The fraction of sp³-hybridized carbons (Fsp3) is 0.625. The van der Waals surface area contributed by atoms with Crippen molar-refractivity contribution in [3.63, 3.8) is 0 Å². The van der Waals surface area contributed by atoms with Crippen molar-refractivity contribution < 1.29 is 12.8 Å². The van der Waals surface area contributed by atoms with Gasteiger partial charge in [0.1, 0.15) is 5.82 Å². The number of sulfonamides is 1. The molecule has 0 N–H and O–H groups in total. The van der Waals surface area contributed by atoms with Gasteiger partial charge in [-0.25, -0.2) is 17.1 Å². The molecule has 1 aromatic carbocycles. The van der Waals surface area contributed by atoms with Gasteiger partial charge in [0.15, 0.2) is 0 Å². The Labute approximate surface area is 133 Å². The molecular weight excluding hydrogens is 303 g/mol. The average Bonchev–Trinajstić information content (AvgIpc) is 2.63. The zero-order valence-corrected chi connectivity index (χ0v) is 14.3. The molecule has 1 atom stereocenters. The number of nitrogens with zero attached hydrogens (tertiary/aromatic N) is 2. The maximum absolute atomic E-state index is 13.0. The number of hydrogen-bond acceptors (Lipinski definition) is 3. The van der Waals surface area contributed by atoms with E-state index in [9.17, 15) is 12.8 Å². The minimum absolute atomic E-state index is 0.169. The Hall–Kier alpha value is -0.980. The zero-order chi connectivity index (χ0) is 16.3. The molecule has 1 heterocycles. The smallest absolute Gasteiger partial charge is 0.211 e. The van der Waals surface area contributed by atoms with Gasteiger partial charge < -0.3 is 0 Å². The van der Waals surface area contributed by atoms with Crippen LogP contribution in [-0.4, -0.2) is 49.6 Å².